The number of anilines is 1. The molecule has 4 N–H and O–H groups in total. The van der Waals surface area contributed by atoms with E-state index in [0.29, 0.717) is 17.9 Å². The number of carbonyl (C=O) groups excluding carboxylic acids is 1. The topological polar surface area (TPSA) is 83.3 Å². The third-order valence-electron chi connectivity index (χ3n) is 2.27. The van der Waals surface area contributed by atoms with E-state index in [1.54, 1.807) is 6.07 Å². The van der Waals surface area contributed by atoms with Crippen molar-refractivity contribution in [3.63, 3.8) is 0 Å². The Kier molecular flexibility index (Phi) is 5.84. The number of pyridine rings is 1. The first-order chi connectivity index (χ1) is 8.52. The summed E-state index contributed by atoms with van der Waals surface area (Å²) >= 11 is 5.78. The van der Waals surface area contributed by atoms with E-state index in [-0.39, 0.29) is 11.1 Å². The predicted molar refractivity (Wildman–Crippen MR) is 72.6 cm³/mol. The Morgan fingerprint density at radius 3 is 2.83 bits per heavy atom. The van der Waals surface area contributed by atoms with E-state index in [4.69, 9.17) is 17.4 Å². The molecular weight excluding hydrogens is 254 g/mol. The van der Waals surface area contributed by atoms with Crippen LogP contribution in [0.15, 0.2) is 12.1 Å². The molecule has 0 atom stereocenters. The van der Waals surface area contributed by atoms with Gasteiger partial charge < -0.3 is 15.6 Å². The van der Waals surface area contributed by atoms with Crippen LogP contribution in [0.1, 0.15) is 16.8 Å². The molecule has 0 aliphatic heterocycles. The molecule has 1 aromatic heterocycles. The smallest absolute Gasteiger partial charge is 0.251 e. The lowest BCUT2D eigenvalue weighted by Crippen LogP contribution is -2.27. The van der Waals surface area contributed by atoms with Crippen molar-refractivity contribution >= 4 is 23.3 Å². The number of amides is 1. The Morgan fingerprint density at radius 1 is 1.50 bits per heavy atom. The van der Waals surface area contributed by atoms with Gasteiger partial charge >= 0.3 is 0 Å². The van der Waals surface area contributed by atoms with Gasteiger partial charge in [-0.2, -0.15) is 0 Å². The van der Waals surface area contributed by atoms with Gasteiger partial charge in [-0.3, -0.25) is 4.79 Å². The van der Waals surface area contributed by atoms with Crippen molar-refractivity contribution in [1.29, 1.82) is 0 Å². The Morgan fingerprint density at radius 2 is 2.22 bits per heavy atom. The SMILES string of the molecule is CN(C)CCCNC(=O)c1cc(Cl)nc(NN)c1. The second kappa shape index (κ2) is 7.15. The fraction of sp³-hybridized carbons (Fsp3) is 0.455. The number of hydrazine groups is 1. The van der Waals surface area contributed by atoms with Gasteiger partial charge in [-0.1, -0.05) is 11.6 Å². The van der Waals surface area contributed by atoms with Gasteiger partial charge in [-0.05, 0) is 39.2 Å². The van der Waals surface area contributed by atoms with Crippen LogP contribution < -0.4 is 16.6 Å². The average Bonchev–Trinajstić information content (AvgIpc) is 2.33. The zero-order valence-electron chi connectivity index (χ0n) is 10.5. The summed E-state index contributed by atoms with van der Waals surface area (Å²) in [6.07, 6.45) is 0.888. The number of nitrogen functional groups attached to an aromatic ring is 1. The molecule has 1 aromatic rings. The van der Waals surface area contributed by atoms with E-state index in [2.05, 4.69) is 20.6 Å². The number of nitrogens with one attached hydrogen (secondary N) is 2. The van der Waals surface area contributed by atoms with Crippen LogP contribution in [0.25, 0.3) is 0 Å². The standard InChI is InChI=1S/C11H18ClN5O/c1-17(2)5-3-4-14-11(18)8-6-9(12)15-10(7-8)16-13/h6-7H,3-5,13H2,1-2H3,(H,14,18)(H,15,16). The molecule has 6 nitrogen and oxygen atoms in total. The van der Waals surface area contributed by atoms with E-state index in [0.717, 1.165) is 13.0 Å². The maximum Gasteiger partial charge on any atom is 0.251 e. The van der Waals surface area contributed by atoms with E-state index in [9.17, 15) is 4.79 Å². The molecule has 0 aliphatic carbocycles. The van der Waals surface area contributed by atoms with Crippen LogP contribution in [0.3, 0.4) is 0 Å². The lowest BCUT2D eigenvalue weighted by molar-refractivity contribution is 0.0952. The summed E-state index contributed by atoms with van der Waals surface area (Å²) in [7, 11) is 3.98. The van der Waals surface area contributed by atoms with Crippen LogP contribution in [0, 0.1) is 0 Å². The Bertz CT molecular complexity index is 410. The second-order valence-corrected chi connectivity index (χ2v) is 4.51. The molecule has 0 radical (unpaired) electrons. The second-order valence-electron chi connectivity index (χ2n) is 4.12. The highest BCUT2D eigenvalue weighted by molar-refractivity contribution is 6.29. The fourth-order valence-corrected chi connectivity index (χ4v) is 1.61. The van der Waals surface area contributed by atoms with Crippen molar-refractivity contribution in [3.8, 4) is 0 Å². The quantitative estimate of drug-likeness (QED) is 0.307. The maximum atomic E-state index is 11.8. The van der Waals surface area contributed by atoms with Gasteiger partial charge in [0.05, 0.1) is 0 Å². The van der Waals surface area contributed by atoms with Crippen LogP contribution in [0.5, 0.6) is 0 Å². The number of hydrogen-bond acceptors (Lipinski definition) is 5. The first-order valence-corrected chi connectivity index (χ1v) is 5.98. The van der Waals surface area contributed by atoms with Crippen molar-refractivity contribution in [2.45, 2.75) is 6.42 Å². The number of hydrogen-bond donors (Lipinski definition) is 3. The van der Waals surface area contributed by atoms with Crippen molar-refractivity contribution in [3.05, 3.63) is 22.8 Å². The van der Waals surface area contributed by atoms with Gasteiger partial charge in [0.1, 0.15) is 11.0 Å². The van der Waals surface area contributed by atoms with E-state index in [1.165, 1.54) is 6.07 Å². The first kappa shape index (κ1) is 14.7. The Labute approximate surface area is 111 Å². The number of nitrogens with zero attached hydrogens (tertiary/aromatic N) is 2. The molecular formula is C11H18ClN5O. The zero-order chi connectivity index (χ0) is 13.5. The average molecular weight is 272 g/mol. The van der Waals surface area contributed by atoms with Gasteiger partial charge in [-0.15, -0.1) is 0 Å². The third kappa shape index (κ3) is 4.87. The highest BCUT2D eigenvalue weighted by Gasteiger charge is 2.08. The summed E-state index contributed by atoms with van der Waals surface area (Å²) < 4.78 is 0. The molecule has 18 heavy (non-hydrogen) atoms. The van der Waals surface area contributed by atoms with Crippen LogP contribution in [-0.4, -0.2) is 43.0 Å². The minimum absolute atomic E-state index is 0.186. The number of halogens is 1. The molecule has 0 saturated heterocycles. The minimum Gasteiger partial charge on any atom is -0.352 e. The van der Waals surface area contributed by atoms with Crippen molar-refractivity contribution in [2.24, 2.45) is 5.84 Å². The molecule has 0 aliphatic rings. The molecule has 7 heteroatoms. The van der Waals surface area contributed by atoms with Gasteiger partial charge in [0, 0.05) is 12.1 Å². The van der Waals surface area contributed by atoms with Gasteiger partial charge in [-0.25, -0.2) is 10.8 Å². The molecule has 1 heterocycles. The van der Waals surface area contributed by atoms with Gasteiger partial charge in [0.2, 0.25) is 0 Å². The molecule has 0 unspecified atom stereocenters. The summed E-state index contributed by atoms with van der Waals surface area (Å²) in [5.41, 5.74) is 2.80. The molecule has 0 saturated carbocycles. The maximum absolute atomic E-state index is 11.8. The van der Waals surface area contributed by atoms with Crippen LogP contribution in [-0.2, 0) is 0 Å². The Balaban J connectivity index is 2.53. The number of nitrogens with two attached hydrogens (primary N) is 1. The van der Waals surface area contributed by atoms with Crippen molar-refractivity contribution < 1.29 is 4.79 Å². The predicted octanol–water partition coefficient (Wildman–Crippen LogP) is 0.702. The number of rotatable bonds is 6. The summed E-state index contributed by atoms with van der Waals surface area (Å²) in [6, 6.07) is 3.05. The number of aromatic nitrogens is 1. The van der Waals surface area contributed by atoms with Crippen LogP contribution >= 0.6 is 11.6 Å². The van der Waals surface area contributed by atoms with Crippen LogP contribution in [0.2, 0.25) is 5.15 Å². The largest absolute Gasteiger partial charge is 0.352 e. The lowest BCUT2D eigenvalue weighted by Gasteiger charge is -2.10. The van der Waals surface area contributed by atoms with Crippen molar-refractivity contribution in [1.82, 2.24) is 15.2 Å². The third-order valence-corrected chi connectivity index (χ3v) is 2.47. The summed E-state index contributed by atoms with van der Waals surface area (Å²) in [4.78, 5) is 17.8. The minimum atomic E-state index is -0.186. The molecule has 1 amide bonds. The van der Waals surface area contributed by atoms with E-state index < -0.39 is 0 Å². The monoisotopic (exact) mass is 271 g/mol. The molecule has 0 aromatic carbocycles. The molecule has 100 valence electrons. The number of carbonyl (C=O) groups is 1. The summed E-state index contributed by atoms with van der Waals surface area (Å²) in [5.74, 6) is 5.41. The first-order valence-electron chi connectivity index (χ1n) is 5.60. The highest BCUT2D eigenvalue weighted by Crippen LogP contribution is 2.13. The molecule has 0 spiro atoms. The fourth-order valence-electron chi connectivity index (χ4n) is 1.40. The molecule has 1 rings (SSSR count). The van der Waals surface area contributed by atoms with Crippen LogP contribution in [0.4, 0.5) is 5.82 Å². The molecule has 0 fully saturated rings. The summed E-state index contributed by atoms with van der Waals surface area (Å²) in [6.45, 7) is 1.54. The van der Waals surface area contributed by atoms with Gasteiger partial charge in [0.15, 0.2) is 0 Å². The normalized spacial score (nSPS) is 10.5. The highest BCUT2D eigenvalue weighted by atomic mass is 35.5. The van der Waals surface area contributed by atoms with E-state index >= 15 is 0 Å². The lowest BCUT2D eigenvalue weighted by atomic mass is 10.2. The molecule has 0 bridgehead atoms. The zero-order valence-corrected chi connectivity index (χ0v) is 11.3. The van der Waals surface area contributed by atoms with E-state index in [1.807, 2.05) is 14.1 Å². The van der Waals surface area contributed by atoms with Crippen molar-refractivity contribution in [2.75, 3.05) is 32.6 Å². The Hall–Kier alpha value is -1.37. The summed E-state index contributed by atoms with van der Waals surface area (Å²) in [5, 5.41) is 3.04. The van der Waals surface area contributed by atoms with Gasteiger partial charge in [0.25, 0.3) is 5.91 Å².